The molecule has 1 heterocycles. The molecule has 0 spiro atoms. The van der Waals surface area contributed by atoms with E-state index < -0.39 is 12.0 Å². The number of methoxy groups -OCH3 is 4. The molecule has 0 radical (unpaired) electrons. The molecule has 1 aliphatic heterocycles. The first-order chi connectivity index (χ1) is 17.3. The highest BCUT2D eigenvalue weighted by Crippen LogP contribution is 2.47. The van der Waals surface area contributed by atoms with E-state index in [4.69, 9.17) is 30.5 Å². The Morgan fingerprint density at radius 2 is 1.50 bits per heavy atom. The molecule has 3 aromatic rings. The third kappa shape index (κ3) is 4.52. The summed E-state index contributed by atoms with van der Waals surface area (Å²) >= 11 is 6.14. The van der Waals surface area contributed by atoms with Gasteiger partial charge in [0.25, 0.3) is 5.91 Å². The van der Waals surface area contributed by atoms with E-state index in [9.17, 15) is 9.59 Å². The van der Waals surface area contributed by atoms with Crippen molar-refractivity contribution in [3.05, 3.63) is 76.3 Å². The second-order valence-corrected chi connectivity index (χ2v) is 8.68. The van der Waals surface area contributed by atoms with Crippen LogP contribution in [0.15, 0.2) is 54.6 Å². The summed E-state index contributed by atoms with van der Waals surface area (Å²) in [5.74, 6) is 0.486. The molecule has 0 saturated carbocycles. The lowest BCUT2D eigenvalue weighted by atomic mass is 9.79. The highest BCUT2D eigenvalue weighted by molar-refractivity contribution is 6.30. The van der Waals surface area contributed by atoms with Crippen LogP contribution in [0.1, 0.15) is 33.4 Å². The minimum absolute atomic E-state index is 0.252. The van der Waals surface area contributed by atoms with Gasteiger partial charge in [0.05, 0.1) is 40.4 Å². The Labute approximate surface area is 214 Å². The van der Waals surface area contributed by atoms with Crippen LogP contribution < -0.4 is 24.3 Å². The summed E-state index contributed by atoms with van der Waals surface area (Å²) in [7, 11) is 7.76. The van der Waals surface area contributed by atoms with E-state index in [1.54, 1.807) is 67.6 Å². The molecule has 4 rings (SSSR count). The minimum atomic E-state index is -0.792. The van der Waals surface area contributed by atoms with E-state index in [1.165, 1.54) is 21.3 Å². The zero-order chi connectivity index (χ0) is 26.0. The van der Waals surface area contributed by atoms with Crippen molar-refractivity contribution in [3.8, 4) is 23.0 Å². The topological polar surface area (TPSA) is 86.3 Å². The van der Waals surface area contributed by atoms with Crippen molar-refractivity contribution in [2.45, 2.75) is 12.0 Å². The number of anilines is 1. The monoisotopic (exact) mass is 510 g/mol. The number of ether oxygens (including phenoxy) is 4. The number of likely N-dealkylation sites (N-methyl/N-ethyl adjacent to an activating group) is 1. The van der Waals surface area contributed by atoms with Crippen molar-refractivity contribution < 1.29 is 28.5 Å². The summed E-state index contributed by atoms with van der Waals surface area (Å²) in [6, 6.07) is 14.9. The summed E-state index contributed by atoms with van der Waals surface area (Å²) < 4.78 is 21.8. The smallest absolute Gasteiger partial charge is 0.254 e. The first kappa shape index (κ1) is 25.2. The largest absolute Gasteiger partial charge is 0.493 e. The third-order valence-corrected chi connectivity index (χ3v) is 6.53. The molecule has 0 aromatic heterocycles. The Kier molecular flexibility index (Phi) is 7.26. The first-order valence-corrected chi connectivity index (χ1v) is 11.5. The highest BCUT2D eigenvalue weighted by atomic mass is 35.5. The van der Waals surface area contributed by atoms with E-state index in [0.29, 0.717) is 50.4 Å². The van der Waals surface area contributed by atoms with Gasteiger partial charge in [-0.25, -0.2) is 0 Å². The van der Waals surface area contributed by atoms with Gasteiger partial charge in [-0.05, 0) is 53.6 Å². The van der Waals surface area contributed by atoms with Gasteiger partial charge in [0, 0.05) is 23.3 Å². The van der Waals surface area contributed by atoms with Crippen LogP contribution in [-0.4, -0.2) is 52.2 Å². The van der Waals surface area contributed by atoms with Gasteiger partial charge in [0.15, 0.2) is 23.0 Å². The molecule has 36 heavy (non-hydrogen) atoms. The van der Waals surface area contributed by atoms with Crippen molar-refractivity contribution in [2.24, 2.45) is 0 Å². The maximum Gasteiger partial charge on any atom is 0.254 e. The summed E-state index contributed by atoms with van der Waals surface area (Å²) in [5.41, 5.74) is 2.13. The molecule has 0 saturated heterocycles. The Hall–Kier alpha value is -3.91. The Morgan fingerprint density at radius 3 is 2.14 bits per heavy atom. The van der Waals surface area contributed by atoms with Crippen molar-refractivity contribution in [2.75, 3.05) is 40.8 Å². The number of amides is 2. The fraction of sp³-hybridized carbons (Fsp3) is 0.259. The lowest BCUT2D eigenvalue weighted by molar-refractivity contribution is -0.119. The van der Waals surface area contributed by atoms with Crippen LogP contribution >= 0.6 is 11.6 Å². The normalized spacial score (nSPS) is 16.7. The second kappa shape index (κ2) is 10.4. The van der Waals surface area contributed by atoms with Gasteiger partial charge >= 0.3 is 0 Å². The van der Waals surface area contributed by atoms with E-state index in [0.717, 1.165) is 0 Å². The van der Waals surface area contributed by atoms with E-state index in [1.807, 2.05) is 6.07 Å². The lowest BCUT2D eigenvalue weighted by Crippen LogP contribution is -2.44. The van der Waals surface area contributed by atoms with Gasteiger partial charge in [-0.15, -0.1) is 0 Å². The van der Waals surface area contributed by atoms with Gasteiger partial charge in [-0.1, -0.05) is 23.7 Å². The molecule has 2 atom stereocenters. The molecule has 0 aliphatic carbocycles. The third-order valence-electron chi connectivity index (χ3n) is 6.30. The van der Waals surface area contributed by atoms with Crippen molar-refractivity contribution in [3.63, 3.8) is 0 Å². The Morgan fingerprint density at radius 1 is 0.861 bits per heavy atom. The molecule has 8 nitrogen and oxygen atoms in total. The summed E-state index contributed by atoms with van der Waals surface area (Å²) in [6.07, 6.45) is 0. The molecule has 188 valence electrons. The van der Waals surface area contributed by atoms with Gasteiger partial charge in [0.2, 0.25) is 5.91 Å². The summed E-state index contributed by atoms with van der Waals surface area (Å²) in [5, 5.41) is 3.45. The molecule has 0 bridgehead atoms. The molecular formula is C27H27ClN2O6. The van der Waals surface area contributed by atoms with Crippen LogP contribution in [0, 0.1) is 0 Å². The highest BCUT2D eigenvalue weighted by Gasteiger charge is 2.44. The average molecular weight is 511 g/mol. The number of carbonyl (C=O) groups is 2. The minimum Gasteiger partial charge on any atom is -0.493 e. The van der Waals surface area contributed by atoms with Gasteiger partial charge in [-0.2, -0.15) is 0 Å². The van der Waals surface area contributed by atoms with E-state index in [-0.39, 0.29) is 11.8 Å². The van der Waals surface area contributed by atoms with Crippen molar-refractivity contribution in [1.29, 1.82) is 0 Å². The number of hydrogen-bond acceptors (Lipinski definition) is 6. The van der Waals surface area contributed by atoms with Gasteiger partial charge in [0.1, 0.15) is 0 Å². The molecule has 3 aromatic carbocycles. The molecule has 1 aliphatic rings. The number of benzene rings is 3. The van der Waals surface area contributed by atoms with Gasteiger partial charge < -0.3 is 29.2 Å². The zero-order valence-corrected chi connectivity index (χ0v) is 21.4. The van der Waals surface area contributed by atoms with Crippen LogP contribution in [0.4, 0.5) is 5.69 Å². The van der Waals surface area contributed by atoms with E-state index in [2.05, 4.69) is 5.32 Å². The Balaban J connectivity index is 1.90. The maximum absolute atomic E-state index is 13.9. The average Bonchev–Trinajstić information content (AvgIpc) is 2.89. The number of fused-ring (bicyclic) bond motifs is 1. The number of carbonyl (C=O) groups excluding carboxylic acids is 2. The summed E-state index contributed by atoms with van der Waals surface area (Å²) in [4.78, 5) is 29.0. The van der Waals surface area contributed by atoms with Crippen molar-refractivity contribution in [1.82, 2.24) is 4.90 Å². The standard InChI is InChI=1S/C27H27ClN2O6/c1-30-25(15-9-10-20(33-2)21(11-15)34-3)24(26(31)29-17-8-6-7-16(28)12-17)18-13-22(35-4)23(36-5)14-19(18)27(30)32/h6-14,24-25H,1-5H3,(H,29,31)/t24-,25+/m0/s1. The number of rotatable bonds is 7. The van der Waals surface area contributed by atoms with Crippen LogP contribution in [-0.2, 0) is 4.79 Å². The Bertz CT molecular complexity index is 1310. The number of nitrogens with zero attached hydrogens (tertiary/aromatic N) is 1. The lowest BCUT2D eigenvalue weighted by Gasteiger charge is -2.40. The van der Waals surface area contributed by atoms with Crippen LogP contribution in [0.2, 0.25) is 5.02 Å². The maximum atomic E-state index is 13.9. The van der Waals surface area contributed by atoms with Crippen LogP contribution in [0.3, 0.4) is 0 Å². The van der Waals surface area contributed by atoms with Crippen molar-refractivity contribution >= 4 is 29.1 Å². The second-order valence-electron chi connectivity index (χ2n) is 8.25. The van der Waals surface area contributed by atoms with Crippen LogP contribution in [0.5, 0.6) is 23.0 Å². The molecule has 9 heteroatoms. The fourth-order valence-corrected chi connectivity index (χ4v) is 4.76. The number of nitrogens with one attached hydrogen (secondary N) is 1. The van der Waals surface area contributed by atoms with E-state index >= 15 is 0 Å². The predicted molar refractivity (Wildman–Crippen MR) is 137 cm³/mol. The quantitative estimate of drug-likeness (QED) is 0.485. The molecular weight excluding hydrogens is 484 g/mol. The first-order valence-electron chi connectivity index (χ1n) is 11.1. The van der Waals surface area contributed by atoms with Gasteiger partial charge in [-0.3, -0.25) is 9.59 Å². The molecule has 2 amide bonds. The summed E-state index contributed by atoms with van der Waals surface area (Å²) in [6.45, 7) is 0. The number of hydrogen-bond donors (Lipinski definition) is 1. The van der Waals surface area contributed by atoms with Crippen LogP contribution in [0.25, 0.3) is 0 Å². The fourth-order valence-electron chi connectivity index (χ4n) is 4.57. The molecule has 0 unspecified atom stereocenters. The zero-order valence-electron chi connectivity index (χ0n) is 20.6. The SMILES string of the molecule is COc1ccc([C@@H]2[C@@H](C(=O)Nc3cccc(Cl)c3)c3cc(OC)c(OC)cc3C(=O)N2C)cc1OC. The predicted octanol–water partition coefficient (Wildman–Crippen LogP) is 4.92. The number of halogens is 1. The molecule has 0 fully saturated rings. The molecule has 1 N–H and O–H groups in total.